The second-order valence-electron chi connectivity index (χ2n) is 8.27. The summed E-state index contributed by atoms with van der Waals surface area (Å²) in [7, 11) is 7.91. The number of ether oxygens (including phenoxy) is 1. The van der Waals surface area contributed by atoms with E-state index < -0.39 is 0 Å². The molecule has 1 aromatic carbocycles. The predicted molar refractivity (Wildman–Crippen MR) is 120 cm³/mol. The van der Waals surface area contributed by atoms with Crippen molar-refractivity contribution in [1.82, 2.24) is 14.2 Å². The number of nitrogens with zero attached hydrogens (tertiary/aromatic N) is 4. The molecule has 1 atom stereocenters. The summed E-state index contributed by atoms with van der Waals surface area (Å²) in [6.07, 6.45) is 3.00. The highest BCUT2D eigenvalue weighted by Gasteiger charge is 2.28. The number of pyridine rings is 1. The average molecular weight is 407 g/mol. The maximum absolute atomic E-state index is 13.1. The van der Waals surface area contributed by atoms with E-state index in [2.05, 4.69) is 59.6 Å². The van der Waals surface area contributed by atoms with Gasteiger partial charge >= 0.3 is 0 Å². The molecular formula is C24H30N4O2. The number of likely N-dealkylation sites (N-methyl/N-ethyl adjacent to an activating group) is 1. The van der Waals surface area contributed by atoms with E-state index in [9.17, 15) is 4.79 Å². The van der Waals surface area contributed by atoms with Crippen LogP contribution in [0.15, 0.2) is 54.7 Å². The van der Waals surface area contributed by atoms with E-state index in [-0.39, 0.29) is 5.91 Å². The molecule has 1 aliphatic heterocycles. The van der Waals surface area contributed by atoms with Crippen molar-refractivity contribution in [2.24, 2.45) is 0 Å². The van der Waals surface area contributed by atoms with E-state index in [1.807, 2.05) is 35.4 Å². The van der Waals surface area contributed by atoms with Crippen LogP contribution < -0.4 is 9.64 Å². The Morgan fingerprint density at radius 3 is 2.47 bits per heavy atom. The van der Waals surface area contributed by atoms with E-state index in [1.54, 1.807) is 7.11 Å². The largest absolute Gasteiger partial charge is 0.497 e. The first-order valence-corrected chi connectivity index (χ1v) is 10.4. The van der Waals surface area contributed by atoms with Crippen LogP contribution in [0.25, 0.3) is 5.52 Å². The zero-order valence-electron chi connectivity index (χ0n) is 18.2. The second kappa shape index (κ2) is 8.40. The molecule has 1 amide bonds. The topological polar surface area (TPSA) is 40.4 Å². The highest BCUT2D eigenvalue weighted by atomic mass is 16.5. The fourth-order valence-corrected chi connectivity index (χ4v) is 4.14. The van der Waals surface area contributed by atoms with Gasteiger partial charge < -0.3 is 23.8 Å². The van der Waals surface area contributed by atoms with E-state index in [1.165, 1.54) is 5.56 Å². The van der Waals surface area contributed by atoms with Crippen LogP contribution in [-0.2, 0) is 6.54 Å². The van der Waals surface area contributed by atoms with E-state index in [0.29, 0.717) is 6.04 Å². The van der Waals surface area contributed by atoms with Gasteiger partial charge in [-0.15, -0.1) is 0 Å². The number of carbonyl (C=O) groups excluding carboxylic acids is 1. The van der Waals surface area contributed by atoms with Gasteiger partial charge in [-0.05, 0) is 62.5 Å². The third-order valence-corrected chi connectivity index (χ3v) is 6.03. The lowest BCUT2D eigenvalue weighted by Gasteiger charge is -2.21. The number of benzene rings is 1. The SMILES string of the molecule is COc1ccc(CN(C)c2ccc3ccc(C(=O)N4CCC(N(C)C)C4)cn23)cc1. The summed E-state index contributed by atoms with van der Waals surface area (Å²) in [6, 6.07) is 16.7. The summed E-state index contributed by atoms with van der Waals surface area (Å²) in [4.78, 5) is 19.4. The molecule has 0 N–H and O–H groups in total. The minimum Gasteiger partial charge on any atom is -0.497 e. The first-order valence-electron chi connectivity index (χ1n) is 10.4. The molecule has 1 fully saturated rings. The molecule has 1 saturated heterocycles. The molecule has 0 bridgehead atoms. The van der Waals surface area contributed by atoms with Crippen molar-refractivity contribution in [3.05, 3.63) is 65.9 Å². The predicted octanol–water partition coefficient (Wildman–Crippen LogP) is 3.36. The number of likely N-dealkylation sites (tertiary alicyclic amines) is 1. The quantitative estimate of drug-likeness (QED) is 0.629. The van der Waals surface area contributed by atoms with Crippen molar-refractivity contribution in [3.8, 4) is 5.75 Å². The lowest BCUT2D eigenvalue weighted by molar-refractivity contribution is 0.0782. The number of amides is 1. The average Bonchev–Trinajstić information content (AvgIpc) is 3.41. The van der Waals surface area contributed by atoms with Gasteiger partial charge in [0.25, 0.3) is 5.91 Å². The standard InChI is InChI=1S/C24H30N4O2/c1-25(2)21-13-14-27(17-21)24(29)19-7-8-20-9-12-23(28(20)16-19)26(3)15-18-5-10-22(30-4)11-6-18/h5-12,16,21H,13-15,17H2,1-4H3. The molecule has 3 aromatic rings. The molecule has 2 aromatic heterocycles. The maximum Gasteiger partial charge on any atom is 0.255 e. The molecule has 1 aliphatic rings. The molecule has 0 spiro atoms. The minimum absolute atomic E-state index is 0.110. The summed E-state index contributed by atoms with van der Waals surface area (Å²) < 4.78 is 7.35. The van der Waals surface area contributed by atoms with Crippen LogP contribution in [0.3, 0.4) is 0 Å². The van der Waals surface area contributed by atoms with Gasteiger partial charge in [0.05, 0.1) is 12.7 Å². The van der Waals surface area contributed by atoms with Crippen LogP contribution in [0.4, 0.5) is 5.82 Å². The van der Waals surface area contributed by atoms with E-state index >= 15 is 0 Å². The van der Waals surface area contributed by atoms with Crippen molar-refractivity contribution in [1.29, 1.82) is 0 Å². The van der Waals surface area contributed by atoms with Crippen molar-refractivity contribution in [2.45, 2.75) is 19.0 Å². The third kappa shape index (κ3) is 4.00. The van der Waals surface area contributed by atoms with Crippen LogP contribution >= 0.6 is 0 Å². The van der Waals surface area contributed by atoms with Crippen molar-refractivity contribution in [3.63, 3.8) is 0 Å². The van der Waals surface area contributed by atoms with Gasteiger partial charge in [-0.2, -0.15) is 0 Å². The van der Waals surface area contributed by atoms with Gasteiger partial charge in [0, 0.05) is 44.4 Å². The Morgan fingerprint density at radius 1 is 1.07 bits per heavy atom. The number of fused-ring (bicyclic) bond motifs is 1. The number of carbonyl (C=O) groups is 1. The summed E-state index contributed by atoms with van der Waals surface area (Å²) in [6.45, 7) is 2.38. The number of aromatic nitrogens is 1. The number of hydrogen-bond donors (Lipinski definition) is 0. The highest BCUT2D eigenvalue weighted by molar-refractivity contribution is 5.94. The van der Waals surface area contributed by atoms with Crippen LogP contribution in [0.5, 0.6) is 5.75 Å². The molecule has 0 radical (unpaired) electrons. The minimum atomic E-state index is 0.110. The first-order chi connectivity index (χ1) is 14.5. The van der Waals surface area contributed by atoms with Crippen molar-refractivity contribution < 1.29 is 9.53 Å². The molecule has 0 aliphatic carbocycles. The monoisotopic (exact) mass is 406 g/mol. The molecular weight excluding hydrogens is 376 g/mol. The Bertz CT molecular complexity index is 1030. The number of hydrogen-bond acceptors (Lipinski definition) is 4. The Morgan fingerprint density at radius 2 is 1.80 bits per heavy atom. The Balaban J connectivity index is 1.54. The van der Waals surface area contributed by atoms with Gasteiger partial charge in [0.2, 0.25) is 0 Å². The normalized spacial score (nSPS) is 16.4. The Labute approximate surface area is 178 Å². The summed E-state index contributed by atoms with van der Waals surface area (Å²) >= 11 is 0. The van der Waals surface area contributed by atoms with Gasteiger partial charge in [-0.3, -0.25) is 4.79 Å². The summed E-state index contributed by atoms with van der Waals surface area (Å²) in [5.41, 5.74) is 3.01. The summed E-state index contributed by atoms with van der Waals surface area (Å²) in [5, 5.41) is 0. The molecule has 4 rings (SSSR count). The first kappa shape index (κ1) is 20.3. The third-order valence-electron chi connectivity index (χ3n) is 6.03. The smallest absolute Gasteiger partial charge is 0.255 e. The van der Waals surface area contributed by atoms with Crippen LogP contribution in [0.2, 0.25) is 0 Å². The van der Waals surface area contributed by atoms with Crippen molar-refractivity contribution in [2.75, 3.05) is 46.2 Å². The highest BCUT2D eigenvalue weighted by Crippen LogP contribution is 2.23. The van der Waals surface area contributed by atoms with E-state index in [4.69, 9.17) is 4.74 Å². The fraction of sp³-hybridized carbons (Fsp3) is 0.375. The Kier molecular flexibility index (Phi) is 5.68. The van der Waals surface area contributed by atoms with Gasteiger partial charge in [0.1, 0.15) is 11.6 Å². The zero-order valence-corrected chi connectivity index (χ0v) is 18.2. The van der Waals surface area contributed by atoms with Crippen LogP contribution in [0.1, 0.15) is 22.3 Å². The maximum atomic E-state index is 13.1. The van der Waals surface area contributed by atoms with Crippen molar-refractivity contribution >= 4 is 17.2 Å². The molecule has 158 valence electrons. The van der Waals surface area contributed by atoms with Gasteiger partial charge in [0.15, 0.2) is 0 Å². The number of methoxy groups -OCH3 is 1. The van der Waals surface area contributed by atoms with Gasteiger partial charge in [-0.25, -0.2) is 0 Å². The molecule has 3 heterocycles. The number of rotatable bonds is 6. The zero-order chi connectivity index (χ0) is 21.3. The molecule has 6 nitrogen and oxygen atoms in total. The van der Waals surface area contributed by atoms with Gasteiger partial charge in [-0.1, -0.05) is 12.1 Å². The van der Waals surface area contributed by atoms with Crippen LogP contribution in [-0.4, -0.2) is 67.5 Å². The lowest BCUT2D eigenvalue weighted by atomic mass is 10.2. The summed E-state index contributed by atoms with van der Waals surface area (Å²) in [5.74, 6) is 2.03. The molecule has 30 heavy (non-hydrogen) atoms. The lowest BCUT2D eigenvalue weighted by Crippen LogP contribution is -2.34. The molecule has 0 saturated carbocycles. The molecule has 1 unspecified atom stereocenters. The number of anilines is 1. The molecule has 6 heteroatoms. The Hall–Kier alpha value is -2.99. The second-order valence-corrected chi connectivity index (χ2v) is 8.27. The van der Waals surface area contributed by atoms with E-state index in [0.717, 1.165) is 48.7 Å². The van der Waals surface area contributed by atoms with Crippen LogP contribution in [0, 0.1) is 0 Å². The fourth-order valence-electron chi connectivity index (χ4n) is 4.14.